The Hall–Kier alpha value is -3.38. The van der Waals surface area contributed by atoms with E-state index in [1.165, 1.54) is 12.1 Å². The van der Waals surface area contributed by atoms with Crippen molar-refractivity contribution >= 4 is 29.2 Å². The van der Waals surface area contributed by atoms with Crippen molar-refractivity contribution < 1.29 is 14.0 Å². The first-order valence-electron chi connectivity index (χ1n) is 12.4. The molecule has 0 aromatic heterocycles. The number of β-lactam (4-membered cyclic amide) rings is 1. The SMILES string of the molecule is CC[C@@H](NC(=O)N1CCC2(CC1)C(=O)N(c1cccc(F)c1)C2c1ccc(Cl)cc1)c1ccccc1. The summed E-state index contributed by atoms with van der Waals surface area (Å²) in [6.45, 7) is 3.00. The van der Waals surface area contributed by atoms with Gasteiger partial charge in [-0.3, -0.25) is 4.79 Å². The molecule has 36 heavy (non-hydrogen) atoms. The van der Waals surface area contributed by atoms with Crippen molar-refractivity contribution in [2.24, 2.45) is 5.41 Å². The normalized spacial score (nSPS) is 19.6. The third-order valence-electron chi connectivity index (χ3n) is 7.55. The predicted molar refractivity (Wildman–Crippen MR) is 139 cm³/mol. The van der Waals surface area contributed by atoms with E-state index in [0.29, 0.717) is 36.6 Å². The maximum absolute atomic E-state index is 14.0. The number of amides is 3. The van der Waals surface area contributed by atoms with E-state index in [1.807, 2.05) is 61.5 Å². The van der Waals surface area contributed by atoms with Crippen LogP contribution in [0.5, 0.6) is 0 Å². The van der Waals surface area contributed by atoms with E-state index >= 15 is 0 Å². The highest BCUT2D eigenvalue weighted by Gasteiger charge is 2.62. The van der Waals surface area contributed by atoms with Gasteiger partial charge in [-0.1, -0.05) is 67.1 Å². The van der Waals surface area contributed by atoms with Gasteiger partial charge in [-0.05, 0) is 60.7 Å². The van der Waals surface area contributed by atoms with Gasteiger partial charge in [-0.25, -0.2) is 9.18 Å². The second-order valence-corrected chi connectivity index (χ2v) is 10.0. The minimum Gasteiger partial charge on any atom is -0.331 e. The lowest BCUT2D eigenvalue weighted by molar-refractivity contribution is -0.144. The number of carbonyl (C=O) groups is 2. The van der Waals surface area contributed by atoms with Gasteiger partial charge in [-0.2, -0.15) is 0 Å². The van der Waals surface area contributed by atoms with Gasteiger partial charge in [0.1, 0.15) is 5.82 Å². The fourth-order valence-electron chi connectivity index (χ4n) is 5.60. The molecule has 0 bridgehead atoms. The highest BCUT2D eigenvalue weighted by molar-refractivity contribution is 6.30. The van der Waals surface area contributed by atoms with Gasteiger partial charge >= 0.3 is 6.03 Å². The van der Waals surface area contributed by atoms with Crippen LogP contribution in [-0.4, -0.2) is 29.9 Å². The molecule has 3 amide bonds. The molecule has 5 rings (SSSR count). The van der Waals surface area contributed by atoms with Crippen molar-refractivity contribution in [1.82, 2.24) is 10.2 Å². The van der Waals surface area contributed by atoms with Gasteiger partial charge in [0.25, 0.3) is 0 Å². The standard InChI is InChI=1S/C29H29ClFN3O2/c1-2-25(20-7-4-3-5-8-20)32-28(36)33-17-15-29(16-18-33)26(21-11-13-22(30)14-12-21)34(27(29)35)24-10-6-9-23(31)19-24/h3-14,19,25-26H,2,15-18H2,1H3,(H,32,36)/t25-,26?/m1/s1. The number of piperidine rings is 1. The van der Waals surface area contributed by atoms with Gasteiger partial charge in [0, 0.05) is 23.8 Å². The lowest BCUT2D eigenvalue weighted by Gasteiger charge is -2.59. The van der Waals surface area contributed by atoms with Crippen molar-refractivity contribution in [2.75, 3.05) is 18.0 Å². The quantitative estimate of drug-likeness (QED) is 0.402. The minimum atomic E-state index is -0.638. The lowest BCUT2D eigenvalue weighted by Crippen LogP contribution is -2.67. The van der Waals surface area contributed by atoms with Gasteiger partial charge < -0.3 is 15.1 Å². The summed E-state index contributed by atoms with van der Waals surface area (Å²) in [6.07, 6.45) is 1.87. The van der Waals surface area contributed by atoms with Gasteiger partial charge in [0.15, 0.2) is 0 Å². The number of hydrogen-bond donors (Lipinski definition) is 1. The zero-order chi connectivity index (χ0) is 25.3. The van der Waals surface area contributed by atoms with Crippen molar-refractivity contribution in [3.8, 4) is 0 Å². The summed E-state index contributed by atoms with van der Waals surface area (Å²) < 4.78 is 14.0. The molecule has 186 valence electrons. The van der Waals surface area contributed by atoms with E-state index in [0.717, 1.165) is 17.5 Å². The van der Waals surface area contributed by atoms with Crippen LogP contribution in [0.15, 0.2) is 78.9 Å². The van der Waals surface area contributed by atoms with Crippen LogP contribution in [0.25, 0.3) is 0 Å². The second-order valence-electron chi connectivity index (χ2n) is 9.57. The maximum Gasteiger partial charge on any atom is 0.317 e. The Bertz CT molecular complexity index is 1240. The van der Waals surface area contributed by atoms with Crippen LogP contribution in [0.3, 0.4) is 0 Å². The zero-order valence-corrected chi connectivity index (χ0v) is 20.9. The molecule has 7 heteroatoms. The number of hydrogen-bond acceptors (Lipinski definition) is 2. The minimum absolute atomic E-state index is 0.0242. The van der Waals surface area contributed by atoms with Gasteiger partial charge in [0.05, 0.1) is 17.5 Å². The molecular weight excluding hydrogens is 477 g/mol. The van der Waals surface area contributed by atoms with Crippen molar-refractivity contribution in [2.45, 2.75) is 38.3 Å². The Morgan fingerprint density at radius 3 is 2.39 bits per heavy atom. The Morgan fingerprint density at radius 2 is 1.75 bits per heavy atom. The number of anilines is 1. The molecule has 2 fully saturated rings. The fraction of sp³-hybridized carbons (Fsp3) is 0.310. The summed E-state index contributed by atoms with van der Waals surface area (Å²) in [4.78, 5) is 30.2. The number of benzene rings is 3. The Kier molecular flexibility index (Phi) is 6.71. The molecule has 0 saturated carbocycles. The molecule has 0 radical (unpaired) electrons. The molecule has 0 aliphatic carbocycles. The molecule has 2 aliphatic heterocycles. The van der Waals surface area contributed by atoms with E-state index < -0.39 is 5.41 Å². The summed E-state index contributed by atoms with van der Waals surface area (Å²) in [5, 5.41) is 3.77. The van der Waals surface area contributed by atoms with Crippen molar-refractivity contribution in [3.05, 3.63) is 101 Å². The van der Waals surface area contributed by atoms with Crippen LogP contribution in [0, 0.1) is 11.2 Å². The highest BCUT2D eigenvalue weighted by atomic mass is 35.5. The number of nitrogens with one attached hydrogen (secondary N) is 1. The number of likely N-dealkylation sites (tertiary alicyclic amines) is 1. The molecular formula is C29H29ClFN3O2. The van der Waals surface area contributed by atoms with Crippen LogP contribution in [0.4, 0.5) is 14.9 Å². The van der Waals surface area contributed by atoms with E-state index in [9.17, 15) is 14.0 Å². The fourth-order valence-corrected chi connectivity index (χ4v) is 5.73. The number of halogens is 2. The molecule has 2 aliphatic rings. The monoisotopic (exact) mass is 505 g/mol. The van der Waals surface area contributed by atoms with Gasteiger partial charge in [-0.15, -0.1) is 0 Å². The van der Waals surface area contributed by atoms with Crippen LogP contribution in [-0.2, 0) is 4.79 Å². The molecule has 2 saturated heterocycles. The Balaban J connectivity index is 1.35. The molecule has 3 aromatic rings. The zero-order valence-electron chi connectivity index (χ0n) is 20.2. The van der Waals surface area contributed by atoms with E-state index in [1.54, 1.807) is 21.9 Å². The molecule has 2 heterocycles. The topological polar surface area (TPSA) is 52.7 Å². The molecule has 1 unspecified atom stereocenters. The average molecular weight is 506 g/mol. The number of nitrogens with zero attached hydrogens (tertiary/aromatic N) is 2. The Labute approximate surface area is 215 Å². The summed E-state index contributed by atoms with van der Waals surface area (Å²) in [6, 6.07) is 23.1. The number of carbonyl (C=O) groups excluding carboxylic acids is 2. The Morgan fingerprint density at radius 1 is 1.06 bits per heavy atom. The molecule has 3 aromatic carbocycles. The number of rotatable bonds is 5. The van der Waals surface area contributed by atoms with Crippen LogP contribution in [0.2, 0.25) is 5.02 Å². The molecule has 2 atom stereocenters. The molecule has 5 nitrogen and oxygen atoms in total. The van der Waals surface area contributed by atoms with E-state index in [2.05, 4.69) is 5.32 Å². The molecule has 1 N–H and O–H groups in total. The summed E-state index contributed by atoms with van der Waals surface area (Å²) >= 11 is 6.13. The molecule has 1 spiro atoms. The lowest BCUT2D eigenvalue weighted by atomic mass is 9.62. The first-order valence-corrected chi connectivity index (χ1v) is 12.8. The summed E-state index contributed by atoms with van der Waals surface area (Å²) in [5.41, 5.74) is 1.93. The van der Waals surface area contributed by atoms with Crippen LogP contribution in [0.1, 0.15) is 49.4 Å². The third kappa shape index (κ3) is 4.35. The van der Waals surface area contributed by atoms with E-state index in [-0.39, 0.29) is 29.8 Å². The highest BCUT2D eigenvalue weighted by Crippen LogP contribution is 2.57. The maximum atomic E-state index is 14.0. The van der Waals surface area contributed by atoms with Crippen LogP contribution < -0.4 is 10.2 Å². The van der Waals surface area contributed by atoms with Crippen LogP contribution >= 0.6 is 11.6 Å². The van der Waals surface area contributed by atoms with Crippen molar-refractivity contribution in [1.29, 1.82) is 0 Å². The van der Waals surface area contributed by atoms with Gasteiger partial charge in [0.2, 0.25) is 5.91 Å². The predicted octanol–water partition coefficient (Wildman–Crippen LogP) is 6.51. The van der Waals surface area contributed by atoms with E-state index in [4.69, 9.17) is 11.6 Å². The average Bonchev–Trinajstić information content (AvgIpc) is 2.91. The second kappa shape index (κ2) is 9.94. The largest absolute Gasteiger partial charge is 0.331 e. The summed E-state index contributed by atoms with van der Waals surface area (Å²) in [7, 11) is 0. The third-order valence-corrected chi connectivity index (χ3v) is 7.80. The smallest absolute Gasteiger partial charge is 0.317 e. The summed E-state index contributed by atoms with van der Waals surface area (Å²) in [5.74, 6) is -0.407. The van der Waals surface area contributed by atoms with Crippen molar-refractivity contribution in [3.63, 3.8) is 0 Å². The first-order chi connectivity index (χ1) is 17.4. The first kappa shape index (κ1) is 24.3. The number of urea groups is 1.